The predicted octanol–water partition coefficient (Wildman–Crippen LogP) is 6.34. The van der Waals surface area contributed by atoms with Crippen molar-refractivity contribution in [1.82, 2.24) is 4.98 Å². The zero-order valence-corrected chi connectivity index (χ0v) is 27.3. The number of carboxylic acids is 1. The van der Waals surface area contributed by atoms with Gasteiger partial charge in [0, 0.05) is 61.3 Å². The number of halogens is 2. The Bertz CT molecular complexity index is 1820. The summed E-state index contributed by atoms with van der Waals surface area (Å²) in [4.78, 5) is 40.8. The summed E-state index contributed by atoms with van der Waals surface area (Å²) in [6.07, 6.45) is 3.41. The number of methoxy groups -OCH3 is 1. The molecule has 0 radical (unpaired) electrons. The predicted molar refractivity (Wildman–Crippen MR) is 179 cm³/mol. The lowest BCUT2D eigenvalue weighted by atomic mass is 10.0. The highest BCUT2D eigenvalue weighted by Crippen LogP contribution is 2.47. The zero-order chi connectivity index (χ0) is 35.5. The molecule has 0 aliphatic heterocycles. The number of aromatic nitrogens is 1. The van der Waals surface area contributed by atoms with Crippen molar-refractivity contribution in [3.63, 3.8) is 0 Å². The van der Waals surface area contributed by atoms with Crippen molar-refractivity contribution in [3.8, 4) is 23.0 Å². The van der Waals surface area contributed by atoms with E-state index in [0.717, 1.165) is 6.07 Å². The molecule has 2 amide bonds. The second-order valence-electron chi connectivity index (χ2n) is 11.5. The van der Waals surface area contributed by atoms with E-state index in [1.165, 1.54) is 49.7 Å². The van der Waals surface area contributed by atoms with Crippen molar-refractivity contribution < 1.29 is 52.0 Å². The summed E-state index contributed by atoms with van der Waals surface area (Å²) in [6.45, 7) is 1.90. The number of benzene rings is 3. The molecule has 3 N–H and O–H groups in total. The molecule has 50 heavy (non-hydrogen) atoms. The van der Waals surface area contributed by atoms with Crippen LogP contribution in [0.25, 0.3) is 10.9 Å². The van der Waals surface area contributed by atoms with Crippen molar-refractivity contribution >= 4 is 40.1 Å². The fourth-order valence-corrected chi connectivity index (χ4v) is 4.96. The van der Waals surface area contributed by atoms with Crippen LogP contribution >= 0.6 is 0 Å². The summed E-state index contributed by atoms with van der Waals surface area (Å²) in [5.74, 6) is -2.08. The Hall–Kier alpha value is -5.34. The number of rotatable bonds is 19. The molecule has 264 valence electrons. The van der Waals surface area contributed by atoms with E-state index >= 15 is 4.39 Å². The number of pyridine rings is 1. The van der Waals surface area contributed by atoms with Crippen LogP contribution in [0.5, 0.6) is 23.0 Å². The van der Waals surface area contributed by atoms with Crippen LogP contribution in [-0.4, -0.2) is 68.0 Å². The second-order valence-corrected chi connectivity index (χ2v) is 11.5. The van der Waals surface area contributed by atoms with Gasteiger partial charge < -0.3 is 39.4 Å². The maximum atomic E-state index is 15.3. The fraction of sp³-hybridized carbons (Fsp3) is 0.333. The number of hydrogen-bond acceptors (Lipinski definition) is 9. The van der Waals surface area contributed by atoms with E-state index in [1.807, 2.05) is 0 Å². The molecule has 1 saturated carbocycles. The van der Waals surface area contributed by atoms with E-state index in [4.69, 9.17) is 28.8 Å². The van der Waals surface area contributed by atoms with Crippen LogP contribution < -0.4 is 24.8 Å². The summed E-state index contributed by atoms with van der Waals surface area (Å²) < 4.78 is 56.6. The average molecular weight is 694 g/mol. The van der Waals surface area contributed by atoms with E-state index < -0.39 is 34.8 Å². The molecule has 0 bridgehead atoms. The third kappa shape index (κ3) is 9.42. The largest absolute Gasteiger partial charge is 0.493 e. The number of fused-ring (bicyclic) bond motifs is 1. The number of anilines is 2. The van der Waals surface area contributed by atoms with Crippen LogP contribution in [0.4, 0.5) is 20.2 Å². The Morgan fingerprint density at radius 3 is 2.10 bits per heavy atom. The van der Waals surface area contributed by atoms with Gasteiger partial charge in [-0.25, -0.2) is 8.78 Å². The lowest BCUT2D eigenvalue weighted by molar-refractivity contribution is -0.138. The van der Waals surface area contributed by atoms with E-state index in [-0.39, 0.29) is 24.5 Å². The maximum Gasteiger partial charge on any atom is 0.305 e. The van der Waals surface area contributed by atoms with Crippen molar-refractivity contribution in [2.45, 2.75) is 32.1 Å². The van der Waals surface area contributed by atoms with Crippen LogP contribution in [0.2, 0.25) is 0 Å². The number of carboxylic acid groups (broad SMARTS) is 1. The Kier molecular flexibility index (Phi) is 12.1. The van der Waals surface area contributed by atoms with Gasteiger partial charge in [-0.2, -0.15) is 0 Å². The van der Waals surface area contributed by atoms with Gasteiger partial charge in [-0.15, -0.1) is 0 Å². The summed E-state index contributed by atoms with van der Waals surface area (Å²) in [6, 6.07) is 14.1. The summed E-state index contributed by atoms with van der Waals surface area (Å²) >= 11 is 0. The highest BCUT2D eigenvalue weighted by molar-refractivity contribution is 6.16. The van der Waals surface area contributed by atoms with Crippen molar-refractivity contribution in [3.05, 3.63) is 78.5 Å². The van der Waals surface area contributed by atoms with Crippen molar-refractivity contribution in [1.29, 1.82) is 0 Å². The highest BCUT2D eigenvalue weighted by Gasteiger charge is 2.56. The number of carbonyl (C=O) groups is 3. The quantitative estimate of drug-likeness (QED) is 0.0749. The highest BCUT2D eigenvalue weighted by atomic mass is 19.1. The molecule has 5 rings (SSSR count). The minimum absolute atomic E-state index is 0.0244. The topological polar surface area (TPSA) is 155 Å². The molecule has 1 fully saturated rings. The number of ether oxygens (including phenoxy) is 5. The van der Waals surface area contributed by atoms with Crippen LogP contribution in [0.15, 0.2) is 66.9 Å². The molecule has 1 aliphatic carbocycles. The van der Waals surface area contributed by atoms with Crippen LogP contribution in [0.3, 0.4) is 0 Å². The molecule has 3 aromatic carbocycles. The monoisotopic (exact) mass is 693 g/mol. The molecular formula is C36H37F2N3O9. The minimum atomic E-state index is -1.30. The van der Waals surface area contributed by atoms with Gasteiger partial charge in [0.15, 0.2) is 23.1 Å². The maximum absolute atomic E-state index is 15.3. The molecule has 0 saturated heterocycles. The summed E-state index contributed by atoms with van der Waals surface area (Å²) in [7, 11) is 1.50. The molecule has 1 aliphatic rings. The zero-order valence-electron chi connectivity index (χ0n) is 27.3. The van der Waals surface area contributed by atoms with Gasteiger partial charge in [-0.1, -0.05) is 0 Å². The lowest BCUT2D eigenvalue weighted by Gasteiger charge is -2.16. The molecular weight excluding hydrogens is 656 g/mol. The lowest BCUT2D eigenvalue weighted by Crippen LogP contribution is -2.35. The van der Waals surface area contributed by atoms with Crippen LogP contribution in [0, 0.1) is 17.0 Å². The summed E-state index contributed by atoms with van der Waals surface area (Å²) in [5.41, 5.74) is -0.262. The van der Waals surface area contributed by atoms with Gasteiger partial charge in [-0.05, 0) is 67.8 Å². The molecule has 4 aromatic rings. The molecule has 14 heteroatoms. The first-order chi connectivity index (χ1) is 24.2. The second kappa shape index (κ2) is 16.9. The van der Waals surface area contributed by atoms with Gasteiger partial charge in [0.25, 0.3) is 0 Å². The third-order valence-electron chi connectivity index (χ3n) is 7.85. The number of nitrogens with zero attached hydrogens (tertiary/aromatic N) is 1. The van der Waals surface area contributed by atoms with Crippen molar-refractivity contribution in [2.24, 2.45) is 5.41 Å². The number of carbonyl (C=O) groups excluding carboxylic acids is 2. The number of aliphatic carboxylic acids is 1. The van der Waals surface area contributed by atoms with Gasteiger partial charge in [0.05, 0.1) is 32.3 Å². The molecule has 1 aromatic heterocycles. The molecule has 0 atom stereocenters. The van der Waals surface area contributed by atoms with E-state index in [2.05, 4.69) is 15.6 Å². The smallest absolute Gasteiger partial charge is 0.305 e. The molecule has 0 unspecified atom stereocenters. The summed E-state index contributed by atoms with van der Waals surface area (Å²) in [5, 5.41) is 14.4. The van der Waals surface area contributed by atoms with Crippen LogP contribution in [-0.2, 0) is 23.9 Å². The Morgan fingerprint density at radius 2 is 1.44 bits per heavy atom. The van der Waals surface area contributed by atoms with E-state index in [1.54, 1.807) is 18.2 Å². The first kappa shape index (κ1) is 36.0. The SMILES string of the molecule is COc1cc2c(Oc3ccc(NC(=O)C4(C(=O)Nc5ccc(F)cc5)CC4)cc3F)ccnc2cc1OCCCOCCCOCCC(=O)O. The average Bonchev–Trinajstić information content (AvgIpc) is 3.92. The first-order valence-electron chi connectivity index (χ1n) is 16.0. The Morgan fingerprint density at radius 1 is 0.780 bits per heavy atom. The van der Waals surface area contributed by atoms with E-state index in [0.29, 0.717) is 85.9 Å². The number of hydrogen-bond donors (Lipinski definition) is 3. The van der Waals surface area contributed by atoms with Gasteiger partial charge >= 0.3 is 5.97 Å². The van der Waals surface area contributed by atoms with Crippen LogP contribution in [0.1, 0.15) is 32.1 Å². The van der Waals surface area contributed by atoms with Crippen molar-refractivity contribution in [2.75, 3.05) is 50.8 Å². The Balaban J connectivity index is 1.14. The molecule has 12 nitrogen and oxygen atoms in total. The van der Waals surface area contributed by atoms with E-state index in [9.17, 15) is 18.8 Å². The standard InChI is InChI=1S/C36H37F2N3O9/c1-46-31-21-26-28(22-32(31)49-18-3-17-47-15-2-16-48-19-11-33(42)43)39-14-10-29(26)50-30-9-8-25(20-27(30)38)41-35(45)36(12-13-36)34(44)40-24-6-4-23(37)5-7-24/h4-10,14,20-22H,2-3,11-13,15-19H2,1H3,(H,40,44)(H,41,45)(H,42,43). The first-order valence-corrected chi connectivity index (χ1v) is 16.0. The van der Waals surface area contributed by atoms with Gasteiger partial charge in [0.1, 0.15) is 17.0 Å². The Labute approximate surface area is 286 Å². The van der Waals surface area contributed by atoms with Gasteiger partial charge in [-0.3, -0.25) is 19.4 Å². The van der Waals surface area contributed by atoms with Gasteiger partial charge in [0.2, 0.25) is 11.8 Å². The number of nitrogens with one attached hydrogen (secondary N) is 2. The molecule has 0 spiro atoms. The number of amides is 2. The fourth-order valence-electron chi connectivity index (χ4n) is 4.96. The molecule has 1 heterocycles. The normalized spacial score (nSPS) is 13.0. The minimum Gasteiger partial charge on any atom is -0.493 e. The third-order valence-corrected chi connectivity index (χ3v) is 7.85.